The van der Waals surface area contributed by atoms with Crippen LogP contribution in [0.25, 0.3) is 11.0 Å². The molecular weight excluding hydrogens is 342 g/mol. The van der Waals surface area contributed by atoms with Gasteiger partial charge in [0.1, 0.15) is 0 Å². The van der Waals surface area contributed by atoms with Crippen molar-refractivity contribution in [3.8, 4) is 0 Å². The van der Waals surface area contributed by atoms with E-state index in [4.69, 9.17) is 4.74 Å². The molecule has 0 unspecified atom stereocenters. The zero-order valence-corrected chi connectivity index (χ0v) is 15.3. The van der Waals surface area contributed by atoms with Gasteiger partial charge in [-0.3, -0.25) is 14.8 Å². The second-order valence-corrected chi connectivity index (χ2v) is 6.27. The molecule has 0 aliphatic heterocycles. The van der Waals surface area contributed by atoms with E-state index in [2.05, 4.69) is 15.3 Å². The first-order chi connectivity index (χ1) is 13.1. The summed E-state index contributed by atoms with van der Waals surface area (Å²) in [6, 6.07) is 12.8. The summed E-state index contributed by atoms with van der Waals surface area (Å²) in [7, 11) is 0. The predicted molar refractivity (Wildman–Crippen MR) is 102 cm³/mol. The van der Waals surface area contributed by atoms with Crippen molar-refractivity contribution >= 4 is 22.9 Å². The van der Waals surface area contributed by atoms with Crippen LogP contribution in [-0.2, 0) is 9.53 Å². The predicted octanol–water partition coefficient (Wildman–Crippen LogP) is 3.36. The van der Waals surface area contributed by atoms with Gasteiger partial charge in [0.2, 0.25) is 0 Å². The molecule has 0 fully saturated rings. The quantitative estimate of drug-likeness (QED) is 0.679. The summed E-state index contributed by atoms with van der Waals surface area (Å²) in [5.74, 6) is -0.905. The Balaban J connectivity index is 1.58. The van der Waals surface area contributed by atoms with Crippen LogP contribution >= 0.6 is 0 Å². The van der Waals surface area contributed by atoms with E-state index in [9.17, 15) is 9.59 Å². The van der Waals surface area contributed by atoms with Crippen molar-refractivity contribution in [2.24, 2.45) is 0 Å². The third-order valence-corrected chi connectivity index (χ3v) is 4.26. The summed E-state index contributed by atoms with van der Waals surface area (Å²) in [6.45, 7) is 3.67. The number of nitrogens with one attached hydrogen (secondary N) is 1. The first-order valence-corrected chi connectivity index (χ1v) is 8.80. The Morgan fingerprint density at radius 3 is 2.44 bits per heavy atom. The minimum atomic E-state index is -0.568. The third-order valence-electron chi connectivity index (χ3n) is 4.26. The number of hydrogen-bond acceptors (Lipinski definition) is 5. The van der Waals surface area contributed by atoms with E-state index in [1.54, 1.807) is 30.6 Å². The second kappa shape index (κ2) is 8.40. The molecule has 6 nitrogen and oxygen atoms in total. The molecule has 6 heteroatoms. The third kappa shape index (κ3) is 4.67. The lowest BCUT2D eigenvalue weighted by atomic mass is 10.0. The Morgan fingerprint density at radius 2 is 1.74 bits per heavy atom. The van der Waals surface area contributed by atoms with Gasteiger partial charge in [0, 0.05) is 12.4 Å². The van der Waals surface area contributed by atoms with Crippen LogP contribution in [0.5, 0.6) is 0 Å². The van der Waals surface area contributed by atoms with Gasteiger partial charge in [0.05, 0.1) is 22.6 Å². The van der Waals surface area contributed by atoms with E-state index >= 15 is 0 Å². The van der Waals surface area contributed by atoms with E-state index in [-0.39, 0.29) is 18.6 Å². The van der Waals surface area contributed by atoms with E-state index in [0.29, 0.717) is 16.6 Å². The lowest BCUT2D eigenvalue weighted by molar-refractivity contribution is -0.125. The normalized spacial score (nSPS) is 11.8. The number of amides is 1. The SMILES string of the molecule is CC[C@H](NC(=O)COC(=O)c1ccc2nccnc2c1)c1ccc(C)cc1. The lowest BCUT2D eigenvalue weighted by Crippen LogP contribution is -2.32. The number of aromatic nitrogens is 2. The van der Waals surface area contributed by atoms with Gasteiger partial charge in [0.15, 0.2) is 6.61 Å². The Morgan fingerprint density at radius 1 is 1.04 bits per heavy atom. The second-order valence-electron chi connectivity index (χ2n) is 6.27. The lowest BCUT2D eigenvalue weighted by Gasteiger charge is -2.17. The Hall–Kier alpha value is -3.28. The van der Waals surface area contributed by atoms with Crippen LogP contribution in [0.3, 0.4) is 0 Å². The fourth-order valence-corrected chi connectivity index (χ4v) is 2.76. The van der Waals surface area contributed by atoms with Crippen molar-refractivity contribution in [2.75, 3.05) is 6.61 Å². The number of rotatable bonds is 6. The van der Waals surface area contributed by atoms with Gasteiger partial charge in [0.25, 0.3) is 5.91 Å². The summed E-state index contributed by atoms with van der Waals surface area (Å²) in [5, 5.41) is 2.90. The van der Waals surface area contributed by atoms with E-state index in [1.165, 1.54) is 0 Å². The molecule has 3 aromatic rings. The summed E-state index contributed by atoms with van der Waals surface area (Å²) in [6.07, 6.45) is 3.88. The molecule has 1 heterocycles. The Labute approximate surface area is 157 Å². The number of ether oxygens (including phenoxy) is 1. The molecular formula is C21H21N3O3. The van der Waals surface area contributed by atoms with Gasteiger partial charge < -0.3 is 10.1 Å². The van der Waals surface area contributed by atoms with Crippen molar-refractivity contribution in [1.82, 2.24) is 15.3 Å². The van der Waals surface area contributed by atoms with E-state index in [1.807, 2.05) is 38.1 Å². The molecule has 0 radical (unpaired) electrons. The number of nitrogens with zero attached hydrogens (tertiary/aromatic N) is 2. The highest BCUT2D eigenvalue weighted by atomic mass is 16.5. The summed E-state index contributed by atoms with van der Waals surface area (Å²) in [4.78, 5) is 32.7. The smallest absolute Gasteiger partial charge is 0.338 e. The molecule has 0 bridgehead atoms. The molecule has 1 atom stereocenters. The molecule has 0 saturated carbocycles. The van der Waals surface area contributed by atoms with E-state index in [0.717, 1.165) is 17.5 Å². The minimum Gasteiger partial charge on any atom is -0.452 e. The monoisotopic (exact) mass is 363 g/mol. The van der Waals surface area contributed by atoms with Crippen LogP contribution < -0.4 is 5.32 Å². The van der Waals surface area contributed by atoms with Crippen LogP contribution in [0.4, 0.5) is 0 Å². The number of carbonyl (C=O) groups excluding carboxylic acids is 2. The molecule has 138 valence electrons. The average molecular weight is 363 g/mol. The number of aryl methyl sites for hydroxylation is 1. The fourth-order valence-electron chi connectivity index (χ4n) is 2.76. The van der Waals surface area contributed by atoms with Gasteiger partial charge in [-0.05, 0) is 37.1 Å². The van der Waals surface area contributed by atoms with Gasteiger partial charge >= 0.3 is 5.97 Å². The van der Waals surface area contributed by atoms with Crippen LogP contribution in [0.1, 0.15) is 40.9 Å². The van der Waals surface area contributed by atoms with Crippen molar-refractivity contribution in [3.63, 3.8) is 0 Å². The van der Waals surface area contributed by atoms with E-state index < -0.39 is 5.97 Å². The zero-order chi connectivity index (χ0) is 19.2. The first kappa shape index (κ1) is 18.5. The average Bonchev–Trinajstić information content (AvgIpc) is 2.70. The molecule has 0 aliphatic carbocycles. The minimum absolute atomic E-state index is 0.118. The number of carbonyl (C=O) groups is 2. The van der Waals surface area contributed by atoms with Gasteiger partial charge in [-0.15, -0.1) is 0 Å². The molecule has 1 amide bonds. The van der Waals surface area contributed by atoms with Crippen molar-refractivity contribution in [1.29, 1.82) is 0 Å². The summed E-state index contributed by atoms with van der Waals surface area (Å²) in [5.41, 5.74) is 3.81. The first-order valence-electron chi connectivity index (χ1n) is 8.80. The zero-order valence-electron chi connectivity index (χ0n) is 15.3. The molecule has 2 aromatic carbocycles. The summed E-state index contributed by atoms with van der Waals surface area (Å²) < 4.78 is 5.14. The molecule has 0 aliphatic rings. The maximum absolute atomic E-state index is 12.2. The van der Waals surface area contributed by atoms with Gasteiger partial charge in [-0.2, -0.15) is 0 Å². The molecule has 1 N–H and O–H groups in total. The van der Waals surface area contributed by atoms with Crippen molar-refractivity contribution in [3.05, 3.63) is 71.5 Å². The fraction of sp³-hybridized carbons (Fsp3) is 0.238. The van der Waals surface area contributed by atoms with Crippen LogP contribution in [-0.4, -0.2) is 28.5 Å². The molecule has 1 aromatic heterocycles. The number of esters is 1. The van der Waals surface area contributed by atoms with Crippen LogP contribution in [0, 0.1) is 6.92 Å². The maximum Gasteiger partial charge on any atom is 0.338 e. The number of benzene rings is 2. The number of fused-ring (bicyclic) bond motifs is 1. The van der Waals surface area contributed by atoms with Gasteiger partial charge in [-0.25, -0.2) is 4.79 Å². The molecule has 3 rings (SSSR count). The molecule has 0 spiro atoms. The topological polar surface area (TPSA) is 81.2 Å². The molecule has 27 heavy (non-hydrogen) atoms. The maximum atomic E-state index is 12.2. The highest BCUT2D eigenvalue weighted by Gasteiger charge is 2.15. The Bertz CT molecular complexity index is 954. The Kier molecular flexibility index (Phi) is 5.76. The van der Waals surface area contributed by atoms with Crippen molar-refractivity contribution in [2.45, 2.75) is 26.3 Å². The van der Waals surface area contributed by atoms with Gasteiger partial charge in [-0.1, -0.05) is 36.8 Å². The standard InChI is InChI=1S/C21H21N3O3/c1-3-17(15-6-4-14(2)5-7-15)24-20(25)13-27-21(26)16-8-9-18-19(12-16)23-11-10-22-18/h4-12,17H,3,13H2,1-2H3,(H,24,25)/t17-/m0/s1. The highest BCUT2D eigenvalue weighted by Crippen LogP contribution is 2.17. The van der Waals surface area contributed by atoms with Crippen LogP contribution in [0.15, 0.2) is 54.9 Å². The number of hydrogen-bond donors (Lipinski definition) is 1. The van der Waals surface area contributed by atoms with Crippen LogP contribution in [0.2, 0.25) is 0 Å². The summed E-state index contributed by atoms with van der Waals surface area (Å²) >= 11 is 0. The largest absolute Gasteiger partial charge is 0.452 e. The molecule has 0 saturated heterocycles. The highest BCUT2D eigenvalue weighted by molar-refractivity contribution is 5.94. The van der Waals surface area contributed by atoms with Crippen molar-refractivity contribution < 1.29 is 14.3 Å².